The Morgan fingerprint density at radius 3 is 2.83 bits per heavy atom. The molecule has 2 aromatic carbocycles. The molecule has 1 aliphatic heterocycles. The van der Waals surface area contributed by atoms with Crippen LogP contribution in [-0.4, -0.2) is 23.6 Å². The Labute approximate surface area is 173 Å². The number of rotatable bonds is 7. The summed E-state index contributed by atoms with van der Waals surface area (Å²) in [6.45, 7) is 4.86. The van der Waals surface area contributed by atoms with Crippen LogP contribution in [0.2, 0.25) is 0 Å². The van der Waals surface area contributed by atoms with Crippen molar-refractivity contribution < 1.29 is 19.0 Å². The monoisotopic (exact) mass is 410 g/mol. The van der Waals surface area contributed by atoms with Gasteiger partial charge in [-0.3, -0.25) is 4.79 Å². The maximum atomic E-state index is 12.7. The maximum absolute atomic E-state index is 12.7. The summed E-state index contributed by atoms with van der Waals surface area (Å²) in [5, 5.41) is 4.88. The lowest BCUT2D eigenvalue weighted by Gasteiger charge is -2.14. The molecule has 2 heterocycles. The van der Waals surface area contributed by atoms with Crippen LogP contribution in [0, 0.1) is 0 Å². The van der Waals surface area contributed by atoms with E-state index in [1.165, 1.54) is 11.3 Å². The van der Waals surface area contributed by atoms with Crippen LogP contribution in [0.3, 0.4) is 0 Å². The highest BCUT2D eigenvalue weighted by Gasteiger charge is 2.22. The molecule has 0 radical (unpaired) electrons. The summed E-state index contributed by atoms with van der Waals surface area (Å²) in [5.41, 5.74) is 4.89. The molecule has 0 aliphatic carbocycles. The zero-order valence-electron chi connectivity index (χ0n) is 16.3. The van der Waals surface area contributed by atoms with Gasteiger partial charge in [0.1, 0.15) is 30.0 Å². The smallest absolute Gasteiger partial charge is 0.255 e. The Hall–Kier alpha value is -3.06. The number of anilines is 1. The number of carbonyl (C=O) groups is 1. The number of thiazole rings is 1. The minimum atomic E-state index is -0.219. The van der Waals surface area contributed by atoms with E-state index in [0.717, 1.165) is 23.4 Å². The molecule has 0 fully saturated rings. The van der Waals surface area contributed by atoms with Crippen LogP contribution >= 0.6 is 11.3 Å². The number of hydrogen-bond acceptors (Lipinski definition) is 6. The van der Waals surface area contributed by atoms with Gasteiger partial charge in [0.25, 0.3) is 5.91 Å². The highest BCUT2D eigenvalue weighted by Crippen LogP contribution is 2.38. The summed E-state index contributed by atoms with van der Waals surface area (Å²) in [7, 11) is 0. The van der Waals surface area contributed by atoms with Crippen molar-refractivity contribution in [1.82, 2.24) is 4.98 Å². The highest BCUT2D eigenvalue weighted by atomic mass is 32.1. The van der Waals surface area contributed by atoms with Crippen molar-refractivity contribution in [1.29, 1.82) is 0 Å². The quantitative estimate of drug-likeness (QED) is 0.612. The molecule has 6 nitrogen and oxygen atoms in total. The average molecular weight is 410 g/mol. The second-order valence-corrected chi connectivity index (χ2v) is 7.49. The maximum Gasteiger partial charge on any atom is 0.255 e. The number of fused-ring (bicyclic) bond motifs is 1. The third kappa shape index (κ3) is 4.51. The molecule has 1 N–H and O–H groups in total. The van der Waals surface area contributed by atoms with Crippen molar-refractivity contribution in [3.63, 3.8) is 0 Å². The average Bonchev–Trinajstić information content (AvgIpc) is 3.35. The highest BCUT2D eigenvalue weighted by molar-refractivity contribution is 7.07. The van der Waals surface area contributed by atoms with Crippen molar-refractivity contribution in [3.05, 3.63) is 64.1 Å². The lowest BCUT2D eigenvalue weighted by Crippen LogP contribution is -2.13. The fourth-order valence-corrected chi connectivity index (χ4v) is 3.72. The van der Waals surface area contributed by atoms with Crippen LogP contribution in [-0.2, 0) is 13.0 Å². The first kappa shape index (κ1) is 19.3. The molecule has 1 atom stereocenters. The molecule has 0 saturated heterocycles. The lowest BCUT2D eigenvalue weighted by molar-refractivity contribution is 0.102. The third-order valence-corrected chi connectivity index (χ3v) is 5.17. The van der Waals surface area contributed by atoms with E-state index in [2.05, 4.69) is 10.3 Å². The lowest BCUT2D eigenvalue weighted by atomic mass is 10.1. The van der Waals surface area contributed by atoms with Gasteiger partial charge in [0.05, 0.1) is 23.5 Å². The zero-order valence-corrected chi connectivity index (χ0v) is 17.1. The predicted octanol–water partition coefficient (Wildman–Crippen LogP) is 4.70. The van der Waals surface area contributed by atoms with E-state index in [1.807, 2.05) is 31.4 Å². The molecule has 0 saturated carbocycles. The number of amides is 1. The van der Waals surface area contributed by atoms with E-state index < -0.39 is 0 Å². The normalized spacial score (nSPS) is 14.8. The molecular formula is C22H22N2O4S. The van der Waals surface area contributed by atoms with Crippen molar-refractivity contribution in [2.24, 2.45) is 0 Å². The summed E-state index contributed by atoms with van der Waals surface area (Å²) in [4.78, 5) is 16.9. The third-order valence-electron chi connectivity index (χ3n) is 4.53. The minimum absolute atomic E-state index is 0.127. The van der Waals surface area contributed by atoms with E-state index in [0.29, 0.717) is 36.0 Å². The second-order valence-electron chi connectivity index (χ2n) is 6.77. The Morgan fingerprint density at radius 2 is 2.10 bits per heavy atom. The number of hydrogen-bond donors (Lipinski definition) is 1. The first-order valence-corrected chi connectivity index (χ1v) is 10.4. The number of nitrogens with zero attached hydrogens (tertiary/aromatic N) is 1. The van der Waals surface area contributed by atoms with Gasteiger partial charge in [-0.2, -0.15) is 0 Å². The van der Waals surface area contributed by atoms with Gasteiger partial charge in [0.2, 0.25) is 0 Å². The molecule has 3 aromatic rings. The molecule has 1 aliphatic rings. The molecule has 7 heteroatoms. The molecule has 150 valence electrons. The number of carbonyl (C=O) groups excluding carboxylic acids is 1. The molecule has 0 spiro atoms. The second kappa shape index (κ2) is 8.53. The standard InChI is InChI=1S/C22H22N2O4S/c1-3-26-21-9-16-8-14(2)28-20(16)10-19(21)24-22(25)15-4-6-18(7-5-15)27-11-17-12-29-13-23-17/h4-7,9-10,12-14H,3,8,11H2,1-2H3,(H,24,25). The number of aromatic nitrogens is 1. The largest absolute Gasteiger partial charge is 0.492 e. The van der Waals surface area contributed by atoms with Crippen molar-refractivity contribution in [3.8, 4) is 17.2 Å². The Balaban J connectivity index is 1.45. The summed E-state index contributed by atoms with van der Waals surface area (Å²) in [6, 6.07) is 10.8. The summed E-state index contributed by atoms with van der Waals surface area (Å²) < 4.78 is 17.2. The fourth-order valence-electron chi connectivity index (χ4n) is 3.18. The van der Waals surface area contributed by atoms with E-state index in [9.17, 15) is 4.79 Å². The Kier molecular flexibility index (Phi) is 5.67. The van der Waals surface area contributed by atoms with Gasteiger partial charge >= 0.3 is 0 Å². The number of nitrogens with one attached hydrogen (secondary N) is 1. The van der Waals surface area contributed by atoms with Crippen molar-refractivity contribution >= 4 is 22.9 Å². The molecule has 0 bridgehead atoms. The van der Waals surface area contributed by atoms with Gasteiger partial charge in [-0.25, -0.2) is 4.98 Å². The van der Waals surface area contributed by atoms with Crippen molar-refractivity contribution in [2.45, 2.75) is 33.0 Å². The predicted molar refractivity (Wildman–Crippen MR) is 112 cm³/mol. The molecule has 1 amide bonds. The molecule has 29 heavy (non-hydrogen) atoms. The SMILES string of the molecule is CCOc1cc2c(cc1NC(=O)c1ccc(OCc3cscn3)cc1)OC(C)C2. The van der Waals surface area contributed by atoms with Crippen LogP contribution in [0.4, 0.5) is 5.69 Å². The van der Waals surface area contributed by atoms with E-state index in [4.69, 9.17) is 14.2 Å². The first-order chi connectivity index (χ1) is 14.1. The van der Waals surface area contributed by atoms with Crippen LogP contribution in [0.5, 0.6) is 17.2 Å². The number of ether oxygens (including phenoxy) is 3. The van der Waals surface area contributed by atoms with Gasteiger partial charge in [0, 0.05) is 29.0 Å². The topological polar surface area (TPSA) is 69.7 Å². The Bertz CT molecular complexity index is 987. The molecule has 1 unspecified atom stereocenters. The first-order valence-electron chi connectivity index (χ1n) is 9.50. The Morgan fingerprint density at radius 1 is 1.28 bits per heavy atom. The van der Waals surface area contributed by atoms with Gasteiger partial charge in [-0.15, -0.1) is 11.3 Å². The number of benzene rings is 2. The molecule has 4 rings (SSSR count). The molecular weight excluding hydrogens is 388 g/mol. The zero-order chi connectivity index (χ0) is 20.2. The summed E-state index contributed by atoms with van der Waals surface area (Å²) in [6.07, 6.45) is 0.966. The van der Waals surface area contributed by atoms with Crippen LogP contribution in [0.15, 0.2) is 47.3 Å². The van der Waals surface area contributed by atoms with Gasteiger partial charge in [-0.1, -0.05) is 0 Å². The minimum Gasteiger partial charge on any atom is -0.492 e. The molecule has 1 aromatic heterocycles. The summed E-state index contributed by atoms with van der Waals surface area (Å²) >= 11 is 1.53. The van der Waals surface area contributed by atoms with Crippen LogP contribution in [0.25, 0.3) is 0 Å². The van der Waals surface area contributed by atoms with Gasteiger partial charge in [-0.05, 0) is 44.2 Å². The van der Waals surface area contributed by atoms with Gasteiger partial charge in [0.15, 0.2) is 0 Å². The fraction of sp³-hybridized carbons (Fsp3) is 0.273. The van der Waals surface area contributed by atoms with Crippen LogP contribution < -0.4 is 19.5 Å². The summed E-state index contributed by atoms with van der Waals surface area (Å²) in [5.74, 6) is 1.91. The van der Waals surface area contributed by atoms with Crippen molar-refractivity contribution in [2.75, 3.05) is 11.9 Å². The van der Waals surface area contributed by atoms with E-state index in [1.54, 1.807) is 29.8 Å². The van der Waals surface area contributed by atoms with Gasteiger partial charge < -0.3 is 19.5 Å². The van der Waals surface area contributed by atoms with E-state index >= 15 is 0 Å². The van der Waals surface area contributed by atoms with Crippen LogP contribution in [0.1, 0.15) is 35.5 Å². The van der Waals surface area contributed by atoms with E-state index in [-0.39, 0.29) is 12.0 Å².